The zero-order valence-corrected chi connectivity index (χ0v) is 14.1. The van der Waals surface area contributed by atoms with E-state index in [-0.39, 0.29) is 23.5 Å². The minimum atomic E-state index is -0.373. The second-order valence-electron chi connectivity index (χ2n) is 5.58. The van der Waals surface area contributed by atoms with Gasteiger partial charge in [0.1, 0.15) is 5.82 Å². The molecule has 0 bridgehead atoms. The number of carbonyl (C=O) groups excluding carboxylic acids is 1. The quantitative estimate of drug-likeness (QED) is 0.622. The Balaban J connectivity index is 2.01. The second kappa shape index (κ2) is 7.45. The molecule has 0 unspecified atom stereocenters. The lowest BCUT2D eigenvalue weighted by Gasteiger charge is -2.16. The molecule has 1 atom stereocenters. The maximum absolute atomic E-state index is 13.3. The van der Waals surface area contributed by atoms with Crippen molar-refractivity contribution in [2.45, 2.75) is 32.0 Å². The third kappa shape index (κ3) is 4.44. The standard InChI is InChI=1S/C15H20FN5OS/c1-9(2)10(3)18-13(22)8-23-15-20-19-14(21(15)17)11-5-4-6-12(16)7-11/h4-7,9-10H,8,17H2,1-3H3,(H,18,22)/t10-/m1/s1. The predicted molar refractivity (Wildman–Crippen MR) is 88.7 cm³/mol. The number of thioether (sulfide) groups is 1. The van der Waals surface area contributed by atoms with Crippen molar-refractivity contribution < 1.29 is 9.18 Å². The molecule has 1 aromatic heterocycles. The number of nitrogens with one attached hydrogen (secondary N) is 1. The Hall–Kier alpha value is -2.09. The van der Waals surface area contributed by atoms with Gasteiger partial charge in [0.05, 0.1) is 5.75 Å². The van der Waals surface area contributed by atoms with Gasteiger partial charge in [0.2, 0.25) is 11.1 Å². The molecule has 0 saturated carbocycles. The van der Waals surface area contributed by atoms with Crippen molar-refractivity contribution >= 4 is 17.7 Å². The van der Waals surface area contributed by atoms with E-state index in [9.17, 15) is 9.18 Å². The number of benzene rings is 1. The molecule has 2 rings (SSSR count). The summed E-state index contributed by atoms with van der Waals surface area (Å²) in [6.07, 6.45) is 0. The zero-order valence-electron chi connectivity index (χ0n) is 13.3. The highest BCUT2D eigenvalue weighted by molar-refractivity contribution is 7.99. The Morgan fingerprint density at radius 2 is 2.13 bits per heavy atom. The predicted octanol–water partition coefficient (Wildman–Crippen LogP) is 2.05. The van der Waals surface area contributed by atoms with E-state index in [1.54, 1.807) is 12.1 Å². The molecule has 3 N–H and O–H groups in total. The number of aromatic nitrogens is 3. The van der Waals surface area contributed by atoms with Crippen LogP contribution in [0.1, 0.15) is 20.8 Å². The summed E-state index contributed by atoms with van der Waals surface area (Å²) >= 11 is 1.19. The molecule has 124 valence electrons. The molecule has 0 saturated heterocycles. The average Bonchev–Trinajstić information content (AvgIpc) is 2.86. The Morgan fingerprint density at radius 1 is 1.39 bits per heavy atom. The molecule has 0 aliphatic heterocycles. The van der Waals surface area contributed by atoms with Gasteiger partial charge in [-0.2, -0.15) is 0 Å². The third-order valence-corrected chi connectivity index (χ3v) is 4.41. The highest BCUT2D eigenvalue weighted by Crippen LogP contribution is 2.22. The molecule has 2 aromatic rings. The molecule has 23 heavy (non-hydrogen) atoms. The Bertz CT molecular complexity index is 688. The average molecular weight is 337 g/mol. The van der Waals surface area contributed by atoms with Gasteiger partial charge in [0, 0.05) is 11.6 Å². The molecule has 6 nitrogen and oxygen atoms in total. The molecule has 0 radical (unpaired) electrons. The van der Waals surface area contributed by atoms with Crippen molar-refractivity contribution in [3.05, 3.63) is 30.1 Å². The second-order valence-corrected chi connectivity index (χ2v) is 6.52. The fourth-order valence-corrected chi connectivity index (χ4v) is 2.46. The number of nitrogen functional groups attached to an aromatic ring is 1. The lowest BCUT2D eigenvalue weighted by molar-refractivity contribution is -0.119. The normalized spacial score (nSPS) is 12.4. The Kier molecular flexibility index (Phi) is 5.59. The summed E-state index contributed by atoms with van der Waals surface area (Å²) in [5.41, 5.74) is 0.532. The zero-order chi connectivity index (χ0) is 17.0. The van der Waals surface area contributed by atoms with Crippen molar-refractivity contribution in [2.75, 3.05) is 11.6 Å². The number of carbonyl (C=O) groups is 1. The van der Waals surface area contributed by atoms with Crippen LogP contribution in [0.15, 0.2) is 29.4 Å². The van der Waals surface area contributed by atoms with E-state index in [1.807, 2.05) is 20.8 Å². The molecule has 8 heteroatoms. The van der Waals surface area contributed by atoms with Crippen LogP contribution in [0, 0.1) is 11.7 Å². The number of amides is 1. The smallest absolute Gasteiger partial charge is 0.230 e. The number of hydrogen-bond acceptors (Lipinski definition) is 5. The SMILES string of the molecule is CC(C)[C@@H](C)NC(=O)CSc1nnc(-c2cccc(F)c2)n1N. The minimum Gasteiger partial charge on any atom is -0.353 e. The van der Waals surface area contributed by atoms with Crippen molar-refractivity contribution in [1.82, 2.24) is 20.2 Å². The third-order valence-electron chi connectivity index (χ3n) is 3.47. The van der Waals surface area contributed by atoms with Crippen LogP contribution in [0.25, 0.3) is 11.4 Å². The van der Waals surface area contributed by atoms with Crippen molar-refractivity contribution in [2.24, 2.45) is 5.92 Å². The van der Waals surface area contributed by atoms with Crippen LogP contribution in [0.4, 0.5) is 4.39 Å². The molecule has 0 aliphatic carbocycles. The lowest BCUT2D eigenvalue weighted by atomic mass is 10.1. The molecule has 0 spiro atoms. The van der Waals surface area contributed by atoms with Crippen LogP contribution >= 0.6 is 11.8 Å². The monoisotopic (exact) mass is 337 g/mol. The van der Waals surface area contributed by atoms with Crippen molar-refractivity contribution in [1.29, 1.82) is 0 Å². The lowest BCUT2D eigenvalue weighted by Crippen LogP contribution is -2.37. The summed E-state index contributed by atoms with van der Waals surface area (Å²) in [4.78, 5) is 11.9. The van der Waals surface area contributed by atoms with E-state index in [0.29, 0.717) is 22.5 Å². The van der Waals surface area contributed by atoms with E-state index in [4.69, 9.17) is 5.84 Å². The number of hydrogen-bond donors (Lipinski definition) is 2. The summed E-state index contributed by atoms with van der Waals surface area (Å²) < 4.78 is 14.5. The highest BCUT2D eigenvalue weighted by atomic mass is 32.2. The Labute approximate surface area is 138 Å². The molecule has 0 fully saturated rings. The van der Waals surface area contributed by atoms with Crippen molar-refractivity contribution in [3.63, 3.8) is 0 Å². The van der Waals surface area contributed by atoms with E-state index in [0.717, 1.165) is 0 Å². The van der Waals surface area contributed by atoms with Gasteiger partial charge in [-0.25, -0.2) is 9.07 Å². The van der Waals surface area contributed by atoms with Crippen LogP contribution in [-0.4, -0.2) is 32.6 Å². The maximum Gasteiger partial charge on any atom is 0.230 e. The van der Waals surface area contributed by atoms with Crippen LogP contribution < -0.4 is 11.2 Å². The summed E-state index contributed by atoms with van der Waals surface area (Å²) in [6.45, 7) is 6.04. The van der Waals surface area contributed by atoms with E-state index in [1.165, 1.54) is 28.6 Å². The first-order valence-electron chi connectivity index (χ1n) is 7.27. The number of nitrogens with two attached hydrogens (primary N) is 1. The fourth-order valence-electron chi connectivity index (χ4n) is 1.79. The fraction of sp³-hybridized carbons (Fsp3) is 0.400. The van der Waals surface area contributed by atoms with Crippen molar-refractivity contribution in [3.8, 4) is 11.4 Å². The molecule has 1 aromatic carbocycles. The van der Waals surface area contributed by atoms with Crippen LogP contribution in [0.2, 0.25) is 0 Å². The topological polar surface area (TPSA) is 85.8 Å². The van der Waals surface area contributed by atoms with Gasteiger partial charge in [-0.1, -0.05) is 37.7 Å². The van der Waals surface area contributed by atoms with Gasteiger partial charge in [0.15, 0.2) is 5.82 Å². The first-order chi connectivity index (χ1) is 10.9. The van der Waals surface area contributed by atoms with Gasteiger partial charge in [-0.05, 0) is 25.0 Å². The number of nitrogens with zero attached hydrogens (tertiary/aromatic N) is 3. The molecular formula is C15H20FN5OS. The van der Waals surface area contributed by atoms with Gasteiger partial charge < -0.3 is 11.2 Å². The molecule has 1 heterocycles. The Morgan fingerprint density at radius 3 is 2.78 bits per heavy atom. The van der Waals surface area contributed by atoms with Crippen LogP contribution in [-0.2, 0) is 4.79 Å². The van der Waals surface area contributed by atoms with Crippen LogP contribution in [0.5, 0.6) is 0 Å². The first kappa shape index (κ1) is 17.3. The largest absolute Gasteiger partial charge is 0.353 e. The number of rotatable bonds is 6. The van der Waals surface area contributed by atoms with E-state index in [2.05, 4.69) is 15.5 Å². The van der Waals surface area contributed by atoms with Gasteiger partial charge in [-0.15, -0.1) is 10.2 Å². The van der Waals surface area contributed by atoms with E-state index >= 15 is 0 Å². The molecule has 1 amide bonds. The minimum absolute atomic E-state index is 0.0912. The summed E-state index contributed by atoms with van der Waals surface area (Å²) in [7, 11) is 0. The van der Waals surface area contributed by atoms with Gasteiger partial charge in [0.25, 0.3) is 0 Å². The van der Waals surface area contributed by atoms with Gasteiger partial charge in [-0.3, -0.25) is 4.79 Å². The van der Waals surface area contributed by atoms with Crippen LogP contribution in [0.3, 0.4) is 0 Å². The first-order valence-corrected chi connectivity index (χ1v) is 8.25. The highest BCUT2D eigenvalue weighted by Gasteiger charge is 2.15. The van der Waals surface area contributed by atoms with Gasteiger partial charge >= 0.3 is 0 Å². The number of halogens is 1. The maximum atomic E-state index is 13.3. The molecular weight excluding hydrogens is 317 g/mol. The van der Waals surface area contributed by atoms with E-state index < -0.39 is 0 Å². The summed E-state index contributed by atoms with van der Waals surface area (Å²) in [5, 5.41) is 11.2. The summed E-state index contributed by atoms with van der Waals surface area (Å²) in [6, 6.07) is 6.05. The molecule has 0 aliphatic rings. The summed E-state index contributed by atoms with van der Waals surface area (Å²) in [5.74, 6) is 6.38.